The SMILES string of the molecule is CC1(C)C(=O)N(CCCNCCN2C(=O)c3ccccc3C(C)(C)C2=O)C(=O)c2ccccc21. The Labute approximate surface area is 200 Å². The van der Waals surface area contributed by atoms with Gasteiger partial charge in [0.2, 0.25) is 11.8 Å². The summed E-state index contributed by atoms with van der Waals surface area (Å²) in [7, 11) is 0. The van der Waals surface area contributed by atoms with Gasteiger partial charge in [-0.2, -0.15) is 0 Å². The fraction of sp³-hybridized carbons (Fsp3) is 0.407. The van der Waals surface area contributed by atoms with Crippen LogP contribution in [0.4, 0.5) is 0 Å². The van der Waals surface area contributed by atoms with Gasteiger partial charge in [0.15, 0.2) is 0 Å². The molecule has 0 bridgehead atoms. The van der Waals surface area contributed by atoms with E-state index < -0.39 is 10.8 Å². The Kier molecular flexibility index (Phi) is 6.16. The largest absolute Gasteiger partial charge is 0.315 e. The highest BCUT2D eigenvalue weighted by Gasteiger charge is 2.45. The van der Waals surface area contributed by atoms with E-state index in [1.807, 2.05) is 64.1 Å². The van der Waals surface area contributed by atoms with Gasteiger partial charge >= 0.3 is 0 Å². The summed E-state index contributed by atoms with van der Waals surface area (Å²) in [6.07, 6.45) is 0.575. The molecule has 0 radical (unpaired) electrons. The third kappa shape index (κ3) is 3.84. The number of hydrogen-bond acceptors (Lipinski definition) is 5. The van der Waals surface area contributed by atoms with Crippen molar-refractivity contribution in [2.45, 2.75) is 44.9 Å². The Bertz CT molecular complexity index is 1080. The van der Waals surface area contributed by atoms with Crippen molar-refractivity contribution in [1.29, 1.82) is 0 Å². The summed E-state index contributed by atoms with van der Waals surface area (Å²) in [5, 5.41) is 3.24. The molecule has 2 aromatic rings. The van der Waals surface area contributed by atoms with E-state index in [0.717, 1.165) is 11.1 Å². The number of nitrogens with one attached hydrogen (secondary N) is 1. The minimum atomic E-state index is -0.761. The van der Waals surface area contributed by atoms with Crippen molar-refractivity contribution in [3.63, 3.8) is 0 Å². The maximum absolute atomic E-state index is 13.0. The summed E-state index contributed by atoms with van der Waals surface area (Å²) in [6, 6.07) is 14.5. The summed E-state index contributed by atoms with van der Waals surface area (Å²) in [5.41, 5.74) is 1.15. The Morgan fingerprint density at radius 3 is 1.59 bits per heavy atom. The molecule has 0 saturated heterocycles. The van der Waals surface area contributed by atoms with Crippen molar-refractivity contribution in [1.82, 2.24) is 15.1 Å². The number of rotatable bonds is 7. The highest BCUT2D eigenvalue weighted by molar-refractivity contribution is 6.13. The van der Waals surface area contributed by atoms with Crippen LogP contribution in [0.2, 0.25) is 0 Å². The second-order valence-electron chi connectivity index (χ2n) is 9.97. The lowest BCUT2D eigenvalue weighted by Gasteiger charge is -2.37. The zero-order chi connectivity index (χ0) is 24.7. The molecule has 34 heavy (non-hydrogen) atoms. The molecular weight excluding hydrogens is 430 g/mol. The van der Waals surface area contributed by atoms with E-state index in [2.05, 4.69) is 5.32 Å². The lowest BCUT2D eigenvalue weighted by Crippen LogP contribution is -2.53. The van der Waals surface area contributed by atoms with Crippen molar-refractivity contribution in [3.05, 3.63) is 70.8 Å². The molecular formula is C27H31N3O4. The lowest BCUT2D eigenvalue weighted by atomic mass is 9.77. The van der Waals surface area contributed by atoms with Gasteiger partial charge in [-0.3, -0.25) is 29.0 Å². The molecule has 0 aliphatic carbocycles. The molecule has 4 amide bonds. The molecule has 0 atom stereocenters. The minimum absolute atomic E-state index is 0.193. The van der Waals surface area contributed by atoms with Gasteiger partial charge in [-0.15, -0.1) is 0 Å². The summed E-state index contributed by atoms with van der Waals surface area (Å²) < 4.78 is 0. The predicted molar refractivity (Wildman–Crippen MR) is 129 cm³/mol. The Balaban J connectivity index is 1.31. The molecule has 1 N–H and O–H groups in total. The second kappa shape index (κ2) is 8.80. The van der Waals surface area contributed by atoms with Crippen LogP contribution in [0.25, 0.3) is 0 Å². The van der Waals surface area contributed by atoms with E-state index in [4.69, 9.17) is 0 Å². The Hall–Kier alpha value is -3.32. The monoisotopic (exact) mass is 461 g/mol. The van der Waals surface area contributed by atoms with Gasteiger partial charge in [0.05, 0.1) is 10.8 Å². The third-order valence-corrected chi connectivity index (χ3v) is 6.96. The number of nitrogens with zero attached hydrogens (tertiary/aromatic N) is 2. The van der Waals surface area contributed by atoms with Crippen LogP contribution in [-0.2, 0) is 20.4 Å². The van der Waals surface area contributed by atoms with Crippen LogP contribution >= 0.6 is 0 Å². The van der Waals surface area contributed by atoms with Crippen molar-refractivity contribution in [2.75, 3.05) is 26.2 Å². The highest BCUT2D eigenvalue weighted by Crippen LogP contribution is 2.35. The van der Waals surface area contributed by atoms with Gasteiger partial charge in [0.25, 0.3) is 11.8 Å². The van der Waals surface area contributed by atoms with Crippen molar-refractivity contribution in [2.24, 2.45) is 0 Å². The fourth-order valence-corrected chi connectivity index (χ4v) is 4.89. The van der Waals surface area contributed by atoms with Crippen LogP contribution in [0.15, 0.2) is 48.5 Å². The Morgan fingerprint density at radius 1 is 0.647 bits per heavy atom. The summed E-state index contributed by atoms with van der Waals surface area (Å²) in [5.74, 6) is -0.928. The first kappa shape index (κ1) is 23.8. The maximum Gasteiger partial charge on any atom is 0.260 e. The van der Waals surface area contributed by atoms with Gasteiger partial charge < -0.3 is 5.32 Å². The van der Waals surface area contributed by atoms with E-state index in [9.17, 15) is 19.2 Å². The normalized spacial score (nSPS) is 18.7. The van der Waals surface area contributed by atoms with Crippen LogP contribution in [0.1, 0.15) is 66.0 Å². The van der Waals surface area contributed by atoms with Gasteiger partial charge in [0, 0.05) is 30.8 Å². The number of hydrogen-bond donors (Lipinski definition) is 1. The zero-order valence-corrected chi connectivity index (χ0v) is 20.2. The number of amides is 4. The molecule has 2 heterocycles. The second-order valence-corrected chi connectivity index (χ2v) is 9.97. The van der Waals surface area contributed by atoms with Crippen LogP contribution in [0.3, 0.4) is 0 Å². The quantitative estimate of drug-likeness (QED) is 0.506. The van der Waals surface area contributed by atoms with Gasteiger partial charge in [-0.25, -0.2) is 0 Å². The first-order valence-electron chi connectivity index (χ1n) is 11.7. The molecule has 0 unspecified atom stereocenters. The average molecular weight is 462 g/mol. The lowest BCUT2D eigenvalue weighted by molar-refractivity contribution is -0.135. The summed E-state index contributed by atoms with van der Waals surface area (Å²) >= 11 is 0. The molecule has 0 fully saturated rings. The summed E-state index contributed by atoms with van der Waals surface area (Å²) in [6.45, 7) is 8.93. The minimum Gasteiger partial charge on any atom is -0.315 e. The van der Waals surface area contributed by atoms with Crippen LogP contribution in [0.5, 0.6) is 0 Å². The molecule has 0 spiro atoms. The molecule has 178 valence electrons. The molecule has 4 rings (SSSR count). The Morgan fingerprint density at radius 2 is 1.09 bits per heavy atom. The van der Waals surface area contributed by atoms with E-state index >= 15 is 0 Å². The van der Waals surface area contributed by atoms with Gasteiger partial charge in [-0.1, -0.05) is 36.4 Å². The first-order valence-corrected chi connectivity index (χ1v) is 11.7. The van der Waals surface area contributed by atoms with Gasteiger partial charge in [-0.05, 0) is 63.9 Å². The van der Waals surface area contributed by atoms with Crippen LogP contribution in [-0.4, -0.2) is 59.6 Å². The number of carbonyl (C=O) groups is 4. The third-order valence-electron chi connectivity index (χ3n) is 6.96. The number of benzene rings is 2. The average Bonchev–Trinajstić information content (AvgIpc) is 2.83. The van der Waals surface area contributed by atoms with E-state index in [-0.39, 0.29) is 30.2 Å². The van der Waals surface area contributed by atoms with Crippen molar-refractivity contribution >= 4 is 23.6 Å². The van der Waals surface area contributed by atoms with Crippen molar-refractivity contribution in [3.8, 4) is 0 Å². The van der Waals surface area contributed by atoms with E-state index in [0.29, 0.717) is 37.2 Å². The van der Waals surface area contributed by atoms with Crippen LogP contribution < -0.4 is 5.32 Å². The number of imide groups is 2. The molecule has 2 aromatic carbocycles. The number of fused-ring (bicyclic) bond motifs is 2. The maximum atomic E-state index is 13.0. The smallest absolute Gasteiger partial charge is 0.260 e. The first-order chi connectivity index (χ1) is 16.1. The molecule has 7 heteroatoms. The predicted octanol–water partition coefficient (Wildman–Crippen LogP) is 2.89. The number of carbonyl (C=O) groups excluding carboxylic acids is 4. The van der Waals surface area contributed by atoms with Crippen LogP contribution in [0, 0.1) is 0 Å². The zero-order valence-electron chi connectivity index (χ0n) is 20.2. The standard InChI is InChI=1S/C27H31N3O4/c1-26(2)20-12-7-5-10-18(20)22(31)29(24(26)33)16-9-14-28-15-17-30-23(32)19-11-6-8-13-21(19)27(3,4)25(30)34/h5-8,10-13,28H,9,14-17H2,1-4H3. The molecule has 0 aromatic heterocycles. The van der Waals surface area contributed by atoms with E-state index in [1.54, 1.807) is 12.1 Å². The fourth-order valence-electron chi connectivity index (χ4n) is 4.89. The highest BCUT2D eigenvalue weighted by atomic mass is 16.2. The van der Waals surface area contributed by atoms with Gasteiger partial charge in [0.1, 0.15) is 0 Å². The molecule has 2 aliphatic rings. The van der Waals surface area contributed by atoms with Crippen molar-refractivity contribution < 1.29 is 19.2 Å². The molecule has 7 nitrogen and oxygen atoms in total. The topological polar surface area (TPSA) is 86.8 Å². The van der Waals surface area contributed by atoms with E-state index in [1.165, 1.54) is 9.80 Å². The molecule has 0 saturated carbocycles. The summed E-state index contributed by atoms with van der Waals surface area (Å²) in [4.78, 5) is 54.4. The molecule has 2 aliphatic heterocycles.